The molecule has 1 saturated heterocycles. The molecule has 130 valence electrons. The maximum Gasteiger partial charge on any atom is 0.196 e. The molecule has 0 saturated carbocycles. The van der Waals surface area contributed by atoms with Crippen LogP contribution in [0.25, 0.3) is 22.4 Å². The van der Waals surface area contributed by atoms with E-state index in [-0.39, 0.29) is 0 Å². The zero-order chi connectivity index (χ0) is 17.8. The fourth-order valence-corrected chi connectivity index (χ4v) is 3.56. The van der Waals surface area contributed by atoms with Crippen LogP contribution in [0.4, 0.5) is 5.88 Å². The molecule has 3 heteroatoms. The maximum atomic E-state index is 9.64. The van der Waals surface area contributed by atoms with Gasteiger partial charge >= 0.3 is 0 Å². The van der Waals surface area contributed by atoms with Gasteiger partial charge in [0.1, 0.15) is 5.76 Å². The van der Waals surface area contributed by atoms with E-state index in [0.29, 0.717) is 5.57 Å². The fraction of sp³-hybridized carbons (Fsp3) is 0.261. The third-order valence-corrected chi connectivity index (χ3v) is 5.00. The third-order valence-electron chi connectivity index (χ3n) is 5.00. The monoisotopic (exact) mass is 342 g/mol. The second-order valence-corrected chi connectivity index (χ2v) is 6.81. The molecule has 0 N–H and O–H groups in total. The van der Waals surface area contributed by atoms with E-state index in [1.165, 1.54) is 31.1 Å². The molecule has 1 aliphatic heterocycles. The number of anilines is 1. The molecule has 2 aromatic carbocycles. The molecule has 1 aliphatic rings. The Bertz CT molecular complexity index is 969. The Morgan fingerprint density at radius 3 is 2.46 bits per heavy atom. The van der Waals surface area contributed by atoms with E-state index in [2.05, 4.69) is 35.2 Å². The molecule has 0 aliphatic carbocycles. The molecule has 26 heavy (non-hydrogen) atoms. The maximum absolute atomic E-state index is 9.64. The van der Waals surface area contributed by atoms with Gasteiger partial charge in [-0.3, -0.25) is 0 Å². The number of hydrogen-bond acceptors (Lipinski definition) is 3. The lowest BCUT2D eigenvalue weighted by atomic mass is 10.0. The van der Waals surface area contributed by atoms with Gasteiger partial charge in [0.2, 0.25) is 0 Å². The first kappa shape index (κ1) is 16.5. The Morgan fingerprint density at radius 2 is 1.69 bits per heavy atom. The van der Waals surface area contributed by atoms with Crippen molar-refractivity contribution in [2.75, 3.05) is 18.0 Å². The predicted molar refractivity (Wildman–Crippen MR) is 107 cm³/mol. The average molecular weight is 342 g/mol. The van der Waals surface area contributed by atoms with E-state index in [0.717, 1.165) is 35.7 Å². The first-order chi connectivity index (χ1) is 12.8. The first-order valence-corrected chi connectivity index (χ1v) is 9.29. The number of hydrogen-bond donors (Lipinski definition) is 0. The van der Waals surface area contributed by atoms with Crippen molar-refractivity contribution in [3.05, 3.63) is 65.9 Å². The van der Waals surface area contributed by atoms with Crippen LogP contribution in [0.5, 0.6) is 0 Å². The van der Waals surface area contributed by atoms with Crippen LogP contribution < -0.4 is 4.90 Å². The van der Waals surface area contributed by atoms with Crippen LogP contribution in [0.15, 0.2) is 59.0 Å². The van der Waals surface area contributed by atoms with Crippen LogP contribution in [0.2, 0.25) is 0 Å². The van der Waals surface area contributed by atoms with Crippen LogP contribution in [0, 0.1) is 11.3 Å². The predicted octanol–water partition coefficient (Wildman–Crippen LogP) is 5.88. The number of nitrogens with zero attached hydrogens (tertiary/aromatic N) is 2. The highest BCUT2D eigenvalue weighted by molar-refractivity contribution is 5.93. The molecule has 0 atom stereocenters. The molecule has 4 rings (SSSR count). The van der Waals surface area contributed by atoms with E-state index >= 15 is 0 Å². The van der Waals surface area contributed by atoms with E-state index < -0.39 is 0 Å². The van der Waals surface area contributed by atoms with Gasteiger partial charge in [-0.15, -0.1) is 0 Å². The molecule has 1 fully saturated rings. The van der Waals surface area contributed by atoms with Crippen LogP contribution in [-0.4, -0.2) is 13.1 Å². The molecule has 3 nitrogen and oxygen atoms in total. The van der Waals surface area contributed by atoms with Crippen molar-refractivity contribution < 1.29 is 4.42 Å². The molecule has 0 radical (unpaired) electrons. The Balaban J connectivity index is 1.61. The van der Waals surface area contributed by atoms with Crippen molar-refractivity contribution in [2.24, 2.45) is 0 Å². The lowest BCUT2D eigenvalue weighted by Crippen LogP contribution is -2.23. The lowest BCUT2D eigenvalue weighted by molar-refractivity contribution is 0.536. The van der Waals surface area contributed by atoms with Gasteiger partial charge in [-0.05, 0) is 47.4 Å². The summed E-state index contributed by atoms with van der Waals surface area (Å²) in [5, 5.41) is 11.9. The van der Waals surface area contributed by atoms with Crippen molar-refractivity contribution in [1.82, 2.24) is 0 Å². The molecule has 0 bridgehead atoms. The molecular formula is C23H22N2O. The van der Waals surface area contributed by atoms with Gasteiger partial charge in [-0.2, -0.15) is 5.26 Å². The Kier molecular flexibility index (Phi) is 4.75. The highest BCUT2D eigenvalue weighted by Gasteiger charge is 2.13. The molecule has 1 aromatic heterocycles. The number of benzene rings is 2. The molecule has 3 aromatic rings. The number of furan rings is 1. The summed E-state index contributed by atoms with van der Waals surface area (Å²) in [5.41, 5.74) is 1.53. The van der Waals surface area contributed by atoms with Crippen molar-refractivity contribution in [3.63, 3.8) is 0 Å². The fourth-order valence-electron chi connectivity index (χ4n) is 3.56. The zero-order valence-electron chi connectivity index (χ0n) is 14.8. The summed E-state index contributed by atoms with van der Waals surface area (Å²) >= 11 is 0. The van der Waals surface area contributed by atoms with Crippen molar-refractivity contribution >= 4 is 28.3 Å². The first-order valence-electron chi connectivity index (χ1n) is 9.29. The van der Waals surface area contributed by atoms with E-state index in [1.54, 1.807) is 0 Å². The SMILES string of the molecule is N#C/C(=C/c1ccc(N2CCCCCC2)o1)c1ccc2ccccc2c1. The summed E-state index contributed by atoms with van der Waals surface area (Å²) in [5.74, 6) is 1.64. The number of rotatable bonds is 3. The molecule has 0 unspecified atom stereocenters. The van der Waals surface area contributed by atoms with Gasteiger partial charge in [0.25, 0.3) is 0 Å². The minimum Gasteiger partial charge on any atom is -0.441 e. The Labute approximate surface area is 154 Å². The summed E-state index contributed by atoms with van der Waals surface area (Å²) in [4.78, 5) is 2.31. The molecular weight excluding hydrogens is 320 g/mol. The zero-order valence-corrected chi connectivity index (χ0v) is 14.8. The summed E-state index contributed by atoms with van der Waals surface area (Å²) < 4.78 is 6.02. The van der Waals surface area contributed by atoms with Crippen LogP contribution in [0.1, 0.15) is 37.0 Å². The van der Waals surface area contributed by atoms with Crippen LogP contribution in [-0.2, 0) is 0 Å². The summed E-state index contributed by atoms with van der Waals surface area (Å²) in [6, 6.07) is 20.6. The van der Waals surface area contributed by atoms with Crippen LogP contribution in [0.3, 0.4) is 0 Å². The van der Waals surface area contributed by atoms with E-state index in [9.17, 15) is 5.26 Å². The second-order valence-electron chi connectivity index (χ2n) is 6.81. The van der Waals surface area contributed by atoms with Gasteiger partial charge in [0.15, 0.2) is 5.88 Å². The Morgan fingerprint density at radius 1 is 0.923 bits per heavy atom. The standard InChI is InChI=1S/C23H22N2O/c24-17-21(20-10-9-18-7-3-4-8-19(18)15-20)16-22-11-12-23(26-22)25-13-5-1-2-6-14-25/h3-4,7-12,15-16H,1-2,5-6,13-14H2/b21-16-. The van der Waals surface area contributed by atoms with Crippen molar-refractivity contribution in [2.45, 2.75) is 25.7 Å². The molecule has 0 amide bonds. The summed E-state index contributed by atoms with van der Waals surface area (Å²) in [6.07, 6.45) is 6.86. The quantitative estimate of drug-likeness (QED) is 0.558. The van der Waals surface area contributed by atoms with Gasteiger partial charge < -0.3 is 9.32 Å². The number of allylic oxidation sites excluding steroid dienone is 1. The molecule has 0 spiro atoms. The van der Waals surface area contributed by atoms with Crippen LogP contribution >= 0.6 is 0 Å². The molecule has 2 heterocycles. The number of fused-ring (bicyclic) bond motifs is 1. The second kappa shape index (κ2) is 7.49. The lowest BCUT2D eigenvalue weighted by Gasteiger charge is -2.18. The van der Waals surface area contributed by atoms with Gasteiger partial charge in [-0.1, -0.05) is 49.2 Å². The summed E-state index contributed by atoms with van der Waals surface area (Å²) in [6.45, 7) is 2.10. The van der Waals surface area contributed by atoms with Gasteiger partial charge in [0, 0.05) is 19.2 Å². The van der Waals surface area contributed by atoms with Crippen molar-refractivity contribution in [1.29, 1.82) is 5.26 Å². The topological polar surface area (TPSA) is 40.2 Å². The number of nitriles is 1. The van der Waals surface area contributed by atoms with E-state index in [1.807, 2.05) is 36.4 Å². The highest BCUT2D eigenvalue weighted by atomic mass is 16.4. The minimum atomic E-state index is 0.618. The third kappa shape index (κ3) is 3.50. The van der Waals surface area contributed by atoms with Gasteiger partial charge in [-0.25, -0.2) is 0 Å². The average Bonchev–Trinajstić information content (AvgIpc) is 2.98. The smallest absolute Gasteiger partial charge is 0.196 e. The normalized spacial score (nSPS) is 15.7. The summed E-state index contributed by atoms with van der Waals surface area (Å²) in [7, 11) is 0. The largest absolute Gasteiger partial charge is 0.441 e. The minimum absolute atomic E-state index is 0.618. The van der Waals surface area contributed by atoms with E-state index in [4.69, 9.17) is 4.42 Å². The van der Waals surface area contributed by atoms with Crippen molar-refractivity contribution in [3.8, 4) is 6.07 Å². The Hall–Kier alpha value is -2.99. The van der Waals surface area contributed by atoms with Gasteiger partial charge in [0.05, 0.1) is 11.6 Å². The highest BCUT2D eigenvalue weighted by Crippen LogP contribution is 2.26.